The van der Waals surface area contributed by atoms with Crippen LogP contribution in [-0.2, 0) is 6.54 Å². The highest BCUT2D eigenvalue weighted by Crippen LogP contribution is 2.34. The maximum absolute atomic E-state index is 6.29. The van der Waals surface area contributed by atoms with E-state index < -0.39 is 0 Å². The molecule has 1 fully saturated rings. The number of likely N-dealkylation sites (tertiary alicyclic amines) is 1. The fourth-order valence-electron chi connectivity index (χ4n) is 5.67. The van der Waals surface area contributed by atoms with Gasteiger partial charge in [0.25, 0.3) is 0 Å². The molecule has 3 aromatic heterocycles. The van der Waals surface area contributed by atoms with Crippen LogP contribution in [0.25, 0.3) is 39.5 Å². The number of fused-ring (bicyclic) bond motifs is 1. The van der Waals surface area contributed by atoms with Gasteiger partial charge >= 0.3 is 0 Å². The van der Waals surface area contributed by atoms with E-state index in [0.29, 0.717) is 10.9 Å². The van der Waals surface area contributed by atoms with Crippen molar-refractivity contribution in [3.05, 3.63) is 120 Å². The second kappa shape index (κ2) is 10.7. The molecule has 6 nitrogen and oxygen atoms in total. The molecule has 0 aliphatic carbocycles. The van der Waals surface area contributed by atoms with Crippen LogP contribution in [0.15, 0.2) is 103 Å². The van der Waals surface area contributed by atoms with E-state index in [1.54, 1.807) is 0 Å². The highest BCUT2D eigenvalue weighted by atomic mass is 35.5. The monoisotopic (exact) mass is 544 g/mol. The third-order valence-corrected chi connectivity index (χ3v) is 8.03. The molecule has 0 bridgehead atoms. The van der Waals surface area contributed by atoms with Crippen molar-refractivity contribution in [3.8, 4) is 33.9 Å². The van der Waals surface area contributed by atoms with E-state index >= 15 is 0 Å². The SMILES string of the molecule is Clc1ccn2c(-c3ccccc3)c(-c3ccc(CN4CCC(c5nnc(-c6ccccc6)[nH]5)CC4)cc3)nc2c1. The molecule has 0 atom stereocenters. The molecule has 4 heterocycles. The molecule has 1 aliphatic rings. The first-order valence-electron chi connectivity index (χ1n) is 13.7. The number of piperidine rings is 1. The fraction of sp³-hybridized carbons (Fsp3) is 0.182. The molecule has 0 amide bonds. The van der Waals surface area contributed by atoms with Gasteiger partial charge in [0.1, 0.15) is 11.5 Å². The Hall–Kier alpha value is -4.26. The molecule has 0 radical (unpaired) electrons. The first-order valence-corrected chi connectivity index (χ1v) is 14.1. The first kappa shape index (κ1) is 24.8. The van der Waals surface area contributed by atoms with Crippen molar-refractivity contribution in [3.63, 3.8) is 0 Å². The van der Waals surface area contributed by atoms with Crippen LogP contribution in [0, 0.1) is 0 Å². The summed E-state index contributed by atoms with van der Waals surface area (Å²) >= 11 is 6.29. The highest BCUT2D eigenvalue weighted by molar-refractivity contribution is 6.30. The number of halogens is 1. The van der Waals surface area contributed by atoms with E-state index in [1.807, 2.05) is 42.6 Å². The van der Waals surface area contributed by atoms with E-state index in [0.717, 1.165) is 77.9 Å². The van der Waals surface area contributed by atoms with Crippen LogP contribution >= 0.6 is 11.6 Å². The van der Waals surface area contributed by atoms with Gasteiger partial charge in [-0.1, -0.05) is 96.5 Å². The summed E-state index contributed by atoms with van der Waals surface area (Å²) in [7, 11) is 0. The maximum Gasteiger partial charge on any atom is 0.161 e. The lowest BCUT2D eigenvalue weighted by molar-refractivity contribution is 0.202. The Morgan fingerprint density at radius 1 is 0.775 bits per heavy atom. The molecular weight excluding hydrogens is 516 g/mol. The van der Waals surface area contributed by atoms with Crippen LogP contribution in [-0.4, -0.2) is 42.6 Å². The van der Waals surface area contributed by atoms with Crippen LogP contribution in [0.1, 0.15) is 30.1 Å². The van der Waals surface area contributed by atoms with Crippen LogP contribution < -0.4 is 0 Å². The number of nitrogens with zero attached hydrogens (tertiary/aromatic N) is 5. The average Bonchev–Trinajstić information content (AvgIpc) is 3.64. The molecule has 198 valence electrons. The topological polar surface area (TPSA) is 62.1 Å². The number of aromatic amines is 1. The zero-order valence-electron chi connectivity index (χ0n) is 22.0. The lowest BCUT2D eigenvalue weighted by Gasteiger charge is -2.30. The summed E-state index contributed by atoms with van der Waals surface area (Å²) in [6, 6.07) is 33.3. The van der Waals surface area contributed by atoms with Gasteiger partial charge in [0.2, 0.25) is 0 Å². The van der Waals surface area contributed by atoms with Crippen LogP contribution in [0.2, 0.25) is 5.02 Å². The summed E-state index contributed by atoms with van der Waals surface area (Å²) < 4.78 is 2.12. The Kier molecular flexibility index (Phi) is 6.63. The smallest absolute Gasteiger partial charge is 0.161 e. The number of benzene rings is 3. The van der Waals surface area contributed by atoms with Crippen molar-refractivity contribution in [2.45, 2.75) is 25.3 Å². The normalized spacial score (nSPS) is 14.6. The lowest BCUT2D eigenvalue weighted by atomic mass is 9.95. The summed E-state index contributed by atoms with van der Waals surface area (Å²) in [6.45, 7) is 3.02. The van der Waals surface area contributed by atoms with Crippen LogP contribution in [0.4, 0.5) is 0 Å². The first-order chi connectivity index (χ1) is 19.7. The number of pyridine rings is 1. The lowest BCUT2D eigenvalue weighted by Crippen LogP contribution is -2.32. The number of nitrogens with one attached hydrogen (secondary N) is 1. The minimum Gasteiger partial charge on any atom is -0.325 e. The molecule has 7 heteroatoms. The standard InChI is InChI=1S/C33H29ClN6/c34-28-17-20-40-29(21-28)35-30(31(40)25-7-3-1-4-8-25)24-13-11-23(12-14-24)22-39-18-15-27(16-19-39)33-36-32(37-38-33)26-9-5-2-6-10-26/h1-14,17,20-21,27H,15-16,18-19,22H2,(H,36,37,38). The third kappa shape index (κ3) is 4.92. The van der Waals surface area contributed by atoms with Gasteiger partial charge in [-0.2, -0.15) is 0 Å². The molecule has 0 unspecified atom stereocenters. The summed E-state index contributed by atoms with van der Waals surface area (Å²) in [4.78, 5) is 11.0. The minimum atomic E-state index is 0.420. The Balaban J connectivity index is 1.05. The summed E-state index contributed by atoms with van der Waals surface area (Å²) in [6.07, 6.45) is 4.15. The van der Waals surface area contributed by atoms with Crippen molar-refractivity contribution in [1.82, 2.24) is 29.5 Å². The summed E-state index contributed by atoms with van der Waals surface area (Å²) in [5.41, 5.74) is 7.48. The van der Waals surface area contributed by atoms with E-state index in [-0.39, 0.29) is 0 Å². The molecule has 1 saturated heterocycles. The van der Waals surface area contributed by atoms with E-state index in [9.17, 15) is 0 Å². The largest absolute Gasteiger partial charge is 0.325 e. The second-order valence-electron chi connectivity index (χ2n) is 10.4. The zero-order valence-corrected chi connectivity index (χ0v) is 22.8. The van der Waals surface area contributed by atoms with Gasteiger partial charge in [-0.05, 0) is 37.6 Å². The molecule has 0 saturated carbocycles. The number of imidazole rings is 1. The summed E-state index contributed by atoms with van der Waals surface area (Å²) in [5.74, 6) is 2.27. The van der Waals surface area contributed by atoms with E-state index in [4.69, 9.17) is 16.6 Å². The molecule has 1 aliphatic heterocycles. The third-order valence-electron chi connectivity index (χ3n) is 7.79. The Morgan fingerprint density at radius 2 is 1.48 bits per heavy atom. The van der Waals surface area contributed by atoms with Gasteiger partial charge < -0.3 is 4.98 Å². The Labute approximate surface area is 238 Å². The van der Waals surface area contributed by atoms with Gasteiger partial charge in [0.05, 0.1) is 11.4 Å². The van der Waals surface area contributed by atoms with Crippen molar-refractivity contribution < 1.29 is 0 Å². The summed E-state index contributed by atoms with van der Waals surface area (Å²) in [5, 5.41) is 9.55. The molecular formula is C33H29ClN6. The molecule has 40 heavy (non-hydrogen) atoms. The molecule has 6 aromatic rings. The maximum atomic E-state index is 6.29. The number of aromatic nitrogens is 5. The van der Waals surface area contributed by atoms with Gasteiger partial charge in [0.15, 0.2) is 5.82 Å². The molecule has 3 aromatic carbocycles. The fourth-order valence-corrected chi connectivity index (χ4v) is 5.82. The van der Waals surface area contributed by atoms with E-state index in [2.05, 4.69) is 85.1 Å². The second-order valence-corrected chi connectivity index (χ2v) is 10.9. The van der Waals surface area contributed by atoms with Gasteiger partial charge in [-0.3, -0.25) is 9.30 Å². The number of hydrogen-bond donors (Lipinski definition) is 1. The Morgan fingerprint density at radius 3 is 2.20 bits per heavy atom. The number of H-pyrrole nitrogens is 1. The van der Waals surface area contributed by atoms with Crippen molar-refractivity contribution in [1.29, 1.82) is 0 Å². The van der Waals surface area contributed by atoms with Crippen LogP contribution in [0.5, 0.6) is 0 Å². The molecule has 1 N–H and O–H groups in total. The van der Waals surface area contributed by atoms with Crippen molar-refractivity contribution in [2.75, 3.05) is 13.1 Å². The molecule has 0 spiro atoms. The van der Waals surface area contributed by atoms with Crippen molar-refractivity contribution in [2.24, 2.45) is 0 Å². The predicted octanol–water partition coefficient (Wildman–Crippen LogP) is 7.49. The average molecular weight is 545 g/mol. The van der Waals surface area contributed by atoms with Gasteiger partial charge in [0, 0.05) is 46.4 Å². The number of hydrogen-bond acceptors (Lipinski definition) is 4. The number of rotatable bonds is 6. The van der Waals surface area contributed by atoms with Gasteiger partial charge in [-0.25, -0.2) is 4.98 Å². The minimum absolute atomic E-state index is 0.420. The molecule has 7 rings (SSSR count). The van der Waals surface area contributed by atoms with Crippen molar-refractivity contribution >= 4 is 17.2 Å². The zero-order chi connectivity index (χ0) is 26.9. The Bertz CT molecular complexity index is 1730. The van der Waals surface area contributed by atoms with Gasteiger partial charge in [-0.15, -0.1) is 10.2 Å². The van der Waals surface area contributed by atoms with Crippen LogP contribution in [0.3, 0.4) is 0 Å². The highest BCUT2D eigenvalue weighted by Gasteiger charge is 2.24. The quantitative estimate of drug-likeness (QED) is 0.236. The van der Waals surface area contributed by atoms with E-state index in [1.165, 1.54) is 5.56 Å². The predicted molar refractivity (Wildman–Crippen MR) is 160 cm³/mol.